The first-order chi connectivity index (χ1) is 15.8. The van der Waals surface area contributed by atoms with Crippen molar-refractivity contribution in [2.45, 2.75) is 19.3 Å². The van der Waals surface area contributed by atoms with E-state index in [1.54, 1.807) is 36.4 Å². The lowest BCUT2D eigenvalue weighted by molar-refractivity contribution is -0.152. The van der Waals surface area contributed by atoms with Gasteiger partial charge in [-0.1, -0.05) is 54.1 Å². The van der Waals surface area contributed by atoms with Crippen molar-refractivity contribution in [3.8, 4) is 16.9 Å². The highest BCUT2D eigenvalue weighted by Crippen LogP contribution is 2.40. The van der Waals surface area contributed by atoms with Gasteiger partial charge in [0.15, 0.2) is 0 Å². The van der Waals surface area contributed by atoms with Crippen LogP contribution >= 0.6 is 11.6 Å². The maximum Gasteiger partial charge on any atom is 0.450 e. The molecule has 0 amide bonds. The molecule has 0 saturated carbocycles. The summed E-state index contributed by atoms with van der Waals surface area (Å²) in [6.07, 6.45) is -4.85. The number of alkyl halides is 3. The highest BCUT2D eigenvalue weighted by molar-refractivity contribution is 6.30. The number of ether oxygens (including phenoxy) is 1. The summed E-state index contributed by atoms with van der Waals surface area (Å²) in [6, 6.07) is 18.1. The van der Waals surface area contributed by atoms with Crippen LogP contribution in [0.5, 0.6) is 5.75 Å². The van der Waals surface area contributed by atoms with E-state index in [4.69, 9.17) is 20.8 Å². The molecule has 1 aliphatic rings. The molecule has 0 bridgehead atoms. The first-order valence-corrected chi connectivity index (χ1v) is 10.5. The third kappa shape index (κ3) is 4.10. The van der Waals surface area contributed by atoms with Gasteiger partial charge in [-0.15, -0.1) is 0 Å². The molecule has 0 spiro atoms. The average Bonchev–Trinajstić information content (AvgIpc) is 2.80. The minimum atomic E-state index is -4.85. The number of hydrogen-bond acceptors (Lipinski definition) is 4. The Balaban J connectivity index is 1.63. The molecule has 5 rings (SSSR count). The molecule has 0 atom stereocenters. The number of fused-ring (bicyclic) bond motifs is 3. The summed E-state index contributed by atoms with van der Waals surface area (Å²) >= 11 is 5.94. The van der Waals surface area contributed by atoms with Crippen molar-refractivity contribution >= 4 is 22.6 Å². The van der Waals surface area contributed by atoms with E-state index in [0.29, 0.717) is 22.9 Å². The summed E-state index contributed by atoms with van der Waals surface area (Å²) in [5, 5.41) is 0.693. The van der Waals surface area contributed by atoms with Crippen molar-refractivity contribution in [1.82, 2.24) is 4.90 Å². The Kier molecular flexibility index (Phi) is 5.38. The molecule has 4 aromatic rings. The van der Waals surface area contributed by atoms with Crippen LogP contribution in [0.2, 0.25) is 5.02 Å². The zero-order valence-electron chi connectivity index (χ0n) is 17.2. The predicted molar refractivity (Wildman–Crippen MR) is 119 cm³/mol. The molecular formula is C25H17ClF3NO3. The van der Waals surface area contributed by atoms with Gasteiger partial charge < -0.3 is 9.15 Å². The van der Waals surface area contributed by atoms with Gasteiger partial charge in [0.25, 0.3) is 0 Å². The second-order valence-electron chi connectivity index (χ2n) is 7.80. The van der Waals surface area contributed by atoms with Crippen molar-refractivity contribution in [3.05, 3.63) is 98.9 Å². The van der Waals surface area contributed by atoms with Crippen LogP contribution in [-0.4, -0.2) is 11.6 Å². The van der Waals surface area contributed by atoms with E-state index in [0.717, 1.165) is 5.56 Å². The molecule has 4 nitrogen and oxygen atoms in total. The molecule has 0 fully saturated rings. The number of rotatable bonds is 3. The molecule has 0 aliphatic carbocycles. The van der Waals surface area contributed by atoms with Crippen LogP contribution in [0.25, 0.3) is 22.1 Å². The Hall–Kier alpha value is -3.29. The number of hydrogen-bond donors (Lipinski definition) is 0. The molecule has 1 aliphatic heterocycles. The van der Waals surface area contributed by atoms with Gasteiger partial charge in [0, 0.05) is 18.1 Å². The van der Waals surface area contributed by atoms with Crippen molar-refractivity contribution < 1.29 is 22.3 Å². The minimum Gasteiger partial charge on any atom is -0.478 e. The van der Waals surface area contributed by atoms with Crippen LogP contribution in [0, 0.1) is 0 Å². The van der Waals surface area contributed by atoms with Gasteiger partial charge in [0.2, 0.25) is 11.2 Å². The molecule has 33 heavy (non-hydrogen) atoms. The molecule has 0 unspecified atom stereocenters. The minimum absolute atomic E-state index is 0.0811. The monoisotopic (exact) mass is 471 g/mol. The van der Waals surface area contributed by atoms with Crippen molar-refractivity contribution in [3.63, 3.8) is 0 Å². The number of halogens is 4. The van der Waals surface area contributed by atoms with E-state index in [1.807, 2.05) is 17.0 Å². The van der Waals surface area contributed by atoms with Gasteiger partial charge in [-0.05, 0) is 35.4 Å². The van der Waals surface area contributed by atoms with E-state index >= 15 is 0 Å². The third-order valence-corrected chi connectivity index (χ3v) is 5.80. The Bertz CT molecular complexity index is 1380. The summed E-state index contributed by atoms with van der Waals surface area (Å²) in [4.78, 5) is 15.2. The van der Waals surface area contributed by atoms with Gasteiger partial charge in [-0.2, -0.15) is 13.2 Å². The Morgan fingerprint density at radius 1 is 0.970 bits per heavy atom. The largest absolute Gasteiger partial charge is 0.478 e. The zero-order valence-corrected chi connectivity index (χ0v) is 17.9. The van der Waals surface area contributed by atoms with Gasteiger partial charge >= 0.3 is 6.18 Å². The molecule has 1 aromatic heterocycles. The van der Waals surface area contributed by atoms with Crippen LogP contribution in [0.1, 0.15) is 16.9 Å². The van der Waals surface area contributed by atoms with E-state index in [9.17, 15) is 18.0 Å². The molecule has 0 N–H and O–H groups in total. The summed E-state index contributed by atoms with van der Waals surface area (Å²) in [5.74, 6) is -0.909. The predicted octanol–water partition coefficient (Wildman–Crippen LogP) is 6.48. The Morgan fingerprint density at radius 2 is 1.70 bits per heavy atom. The molecule has 168 valence electrons. The lowest BCUT2D eigenvalue weighted by Gasteiger charge is -2.29. The fourth-order valence-corrected chi connectivity index (χ4v) is 4.15. The van der Waals surface area contributed by atoms with Crippen LogP contribution in [0.15, 0.2) is 75.9 Å². The first kappa shape index (κ1) is 21.6. The lowest BCUT2D eigenvalue weighted by Crippen LogP contribution is -2.32. The normalized spacial score (nSPS) is 14.2. The van der Waals surface area contributed by atoms with Crippen molar-refractivity contribution in [2.24, 2.45) is 0 Å². The lowest BCUT2D eigenvalue weighted by atomic mass is 10.00. The van der Waals surface area contributed by atoms with E-state index < -0.39 is 22.9 Å². The van der Waals surface area contributed by atoms with E-state index in [2.05, 4.69) is 0 Å². The maximum absolute atomic E-state index is 14.0. The molecule has 3 aromatic carbocycles. The second kappa shape index (κ2) is 8.24. The van der Waals surface area contributed by atoms with Crippen molar-refractivity contribution in [1.29, 1.82) is 0 Å². The summed E-state index contributed by atoms with van der Waals surface area (Å²) in [7, 11) is 0. The van der Waals surface area contributed by atoms with Crippen molar-refractivity contribution in [2.75, 3.05) is 6.73 Å². The molecule has 0 radical (unpaired) electrons. The van der Waals surface area contributed by atoms with E-state index in [-0.39, 0.29) is 29.8 Å². The average molecular weight is 472 g/mol. The molecule has 2 heterocycles. The SMILES string of the molecule is O=c1c(-c2ccccc2)c(C(F)(F)F)oc2c3c(ccc12)OCN(Cc1ccc(Cl)cc1)C3. The van der Waals surface area contributed by atoms with Crippen LogP contribution in [-0.2, 0) is 19.3 Å². The van der Waals surface area contributed by atoms with Gasteiger partial charge in [0.05, 0.1) is 16.5 Å². The summed E-state index contributed by atoms with van der Waals surface area (Å²) in [5.41, 5.74) is 0.201. The quantitative estimate of drug-likeness (QED) is 0.343. The first-order valence-electron chi connectivity index (χ1n) is 10.2. The maximum atomic E-state index is 14.0. The topological polar surface area (TPSA) is 42.7 Å². The fourth-order valence-electron chi connectivity index (χ4n) is 4.03. The molecular weight excluding hydrogens is 455 g/mol. The highest BCUT2D eigenvalue weighted by atomic mass is 35.5. The van der Waals surface area contributed by atoms with Crippen LogP contribution < -0.4 is 10.2 Å². The molecule has 8 heteroatoms. The number of nitrogens with zero attached hydrogens (tertiary/aromatic N) is 1. The molecule has 0 saturated heterocycles. The Labute approximate surface area is 191 Å². The van der Waals surface area contributed by atoms with E-state index in [1.165, 1.54) is 18.2 Å². The standard InChI is InChI=1S/C25H17ClF3NO3/c26-17-8-6-15(7-9-17)12-30-13-19-20(32-14-30)11-10-18-22(31)21(16-4-2-1-3-5-16)24(25(27,28)29)33-23(18)19/h1-11H,12-14H2. The number of benzene rings is 3. The summed E-state index contributed by atoms with van der Waals surface area (Å²) < 4.78 is 53.2. The van der Waals surface area contributed by atoms with Crippen LogP contribution in [0.3, 0.4) is 0 Å². The second-order valence-corrected chi connectivity index (χ2v) is 8.24. The fraction of sp³-hybridized carbons (Fsp3) is 0.160. The smallest absolute Gasteiger partial charge is 0.450 e. The summed E-state index contributed by atoms with van der Waals surface area (Å²) in [6.45, 7) is 1.01. The van der Waals surface area contributed by atoms with Crippen LogP contribution in [0.4, 0.5) is 13.2 Å². The van der Waals surface area contributed by atoms with Gasteiger partial charge in [-0.3, -0.25) is 9.69 Å². The van der Waals surface area contributed by atoms with Gasteiger partial charge in [-0.25, -0.2) is 0 Å². The highest BCUT2D eigenvalue weighted by Gasteiger charge is 2.40. The van der Waals surface area contributed by atoms with Gasteiger partial charge in [0.1, 0.15) is 18.1 Å². The zero-order chi connectivity index (χ0) is 23.2. The Morgan fingerprint density at radius 3 is 2.39 bits per heavy atom. The third-order valence-electron chi connectivity index (χ3n) is 5.54.